The van der Waals surface area contributed by atoms with Crippen LogP contribution in [0.1, 0.15) is 6.42 Å². The number of hydrogen-bond acceptors (Lipinski definition) is 4. The van der Waals surface area contributed by atoms with Gasteiger partial charge in [-0.2, -0.15) is 0 Å². The van der Waals surface area contributed by atoms with Crippen LogP contribution >= 0.6 is 23.4 Å². The van der Waals surface area contributed by atoms with Crippen molar-refractivity contribution in [3.63, 3.8) is 0 Å². The lowest BCUT2D eigenvalue weighted by atomic mass is 10.3. The molecule has 100 valence electrons. The molecule has 5 nitrogen and oxygen atoms in total. The van der Waals surface area contributed by atoms with Crippen LogP contribution in [-0.4, -0.2) is 26.4 Å². The van der Waals surface area contributed by atoms with E-state index in [1.54, 1.807) is 18.5 Å². The van der Waals surface area contributed by atoms with Gasteiger partial charge in [0.2, 0.25) is 5.91 Å². The minimum Gasteiger partial charge on any atom is -0.325 e. The van der Waals surface area contributed by atoms with E-state index in [9.17, 15) is 4.79 Å². The predicted molar refractivity (Wildman–Crippen MR) is 76.4 cm³/mol. The zero-order chi connectivity index (χ0) is 13.7. The third-order valence-electron chi connectivity index (χ3n) is 2.38. The van der Waals surface area contributed by atoms with Crippen molar-refractivity contribution in [3.8, 4) is 0 Å². The maximum absolute atomic E-state index is 11.8. The molecule has 1 N–H and O–H groups in total. The number of benzene rings is 1. The number of amides is 1. The smallest absolute Gasteiger partial charge is 0.225 e. The number of rotatable bonds is 5. The van der Waals surface area contributed by atoms with Gasteiger partial charge in [0.25, 0.3) is 0 Å². The lowest BCUT2D eigenvalue weighted by Gasteiger charge is -2.06. The number of carbonyl (C=O) groups excluding carboxylic acids is 1. The van der Waals surface area contributed by atoms with Crippen molar-refractivity contribution in [2.75, 3.05) is 11.1 Å². The lowest BCUT2D eigenvalue weighted by Crippen LogP contribution is -2.12. The maximum Gasteiger partial charge on any atom is 0.225 e. The summed E-state index contributed by atoms with van der Waals surface area (Å²) < 4.78 is 1.82. The fourth-order valence-corrected chi connectivity index (χ4v) is 2.42. The van der Waals surface area contributed by atoms with Crippen molar-refractivity contribution in [2.45, 2.75) is 11.6 Å². The molecule has 1 amide bonds. The van der Waals surface area contributed by atoms with Gasteiger partial charge in [0.15, 0.2) is 5.16 Å². The van der Waals surface area contributed by atoms with Crippen LogP contribution in [0, 0.1) is 0 Å². The molecule has 0 fully saturated rings. The molecule has 1 aromatic carbocycles. The summed E-state index contributed by atoms with van der Waals surface area (Å²) in [6, 6.07) is 7.17. The highest BCUT2D eigenvalue weighted by molar-refractivity contribution is 7.99. The summed E-state index contributed by atoms with van der Waals surface area (Å²) in [5, 5.41) is 11.8. The number of nitrogens with one attached hydrogen (secondary N) is 1. The van der Waals surface area contributed by atoms with Gasteiger partial charge in [-0.1, -0.05) is 35.5 Å². The van der Waals surface area contributed by atoms with Gasteiger partial charge < -0.3 is 9.88 Å². The fourth-order valence-electron chi connectivity index (χ4n) is 1.41. The molecule has 1 aromatic heterocycles. The van der Waals surface area contributed by atoms with Crippen LogP contribution in [0.5, 0.6) is 0 Å². The maximum atomic E-state index is 11.8. The van der Waals surface area contributed by atoms with E-state index in [-0.39, 0.29) is 5.91 Å². The Labute approximate surface area is 120 Å². The highest BCUT2D eigenvalue weighted by Gasteiger charge is 2.07. The van der Waals surface area contributed by atoms with Crippen LogP contribution in [0.4, 0.5) is 5.69 Å². The van der Waals surface area contributed by atoms with Crippen LogP contribution in [0.2, 0.25) is 5.02 Å². The van der Waals surface area contributed by atoms with Crippen LogP contribution in [0.3, 0.4) is 0 Å². The molecule has 1 heterocycles. The molecule has 0 aliphatic heterocycles. The van der Waals surface area contributed by atoms with Crippen LogP contribution < -0.4 is 5.32 Å². The van der Waals surface area contributed by atoms with E-state index in [4.69, 9.17) is 11.6 Å². The van der Waals surface area contributed by atoms with Gasteiger partial charge >= 0.3 is 0 Å². The zero-order valence-electron chi connectivity index (χ0n) is 10.3. The van der Waals surface area contributed by atoms with E-state index >= 15 is 0 Å². The quantitative estimate of drug-likeness (QED) is 0.862. The molecule has 0 aliphatic carbocycles. The Morgan fingerprint density at radius 1 is 1.47 bits per heavy atom. The molecular weight excluding hydrogens is 284 g/mol. The third kappa shape index (κ3) is 3.97. The Hall–Kier alpha value is -1.53. The number of nitrogens with zero attached hydrogens (tertiary/aromatic N) is 3. The molecule has 0 bridgehead atoms. The molecule has 2 aromatic rings. The van der Waals surface area contributed by atoms with Gasteiger partial charge in [-0.05, 0) is 12.1 Å². The SMILES string of the molecule is Cn1cnnc1SCCC(=O)Nc1ccccc1Cl. The molecule has 0 saturated carbocycles. The summed E-state index contributed by atoms with van der Waals surface area (Å²) in [6.07, 6.45) is 2.02. The second-order valence-electron chi connectivity index (χ2n) is 3.85. The van der Waals surface area contributed by atoms with Crippen molar-refractivity contribution in [2.24, 2.45) is 7.05 Å². The van der Waals surface area contributed by atoms with E-state index in [2.05, 4.69) is 15.5 Å². The summed E-state index contributed by atoms with van der Waals surface area (Å²) in [7, 11) is 1.87. The Morgan fingerprint density at radius 2 is 2.26 bits per heavy atom. The summed E-state index contributed by atoms with van der Waals surface area (Å²) in [4.78, 5) is 11.8. The molecule has 0 aliphatic rings. The van der Waals surface area contributed by atoms with Crippen molar-refractivity contribution < 1.29 is 4.79 Å². The first-order valence-electron chi connectivity index (χ1n) is 5.68. The van der Waals surface area contributed by atoms with Crippen molar-refractivity contribution in [3.05, 3.63) is 35.6 Å². The Balaban J connectivity index is 1.79. The number of halogens is 1. The Bertz CT molecular complexity index is 572. The predicted octanol–water partition coefficient (Wildman–Crippen LogP) is 2.59. The van der Waals surface area contributed by atoms with Gasteiger partial charge in [0.05, 0.1) is 10.7 Å². The number of aryl methyl sites for hydroxylation is 1. The number of hydrogen-bond donors (Lipinski definition) is 1. The van der Waals surface area contributed by atoms with Crippen LogP contribution in [0.15, 0.2) is 35.7 Å². The summed E-state index contributed by atoms with van der Waals surface area (Å²) in [5.74, 6) is 0.575. The molecule has 7 heteroatoms. The molecular formula is C12H13ClN4OS. The van der Waals surface area contributed by atoms with Gasteiger partial charge in [-0.3, -0.25) is 4.79 Å². The molecule has 0 unspecified atom stereocenters. The molecule has 0 radical (unpaired) electrons. The van der Waals surface area contributed by atoms with Gasteiger partial charge in [0, 0.05) is 19.2 Å². The summed E-state index contributed by atoms with van der Waals surface area (Å²) in [5.41, 5.74) is 0.637. The van der Waals surface area contributed by atoms with Crippen LogP contribution in [0.25, 0.3) is 0 Å². The lowest BCUT2D eigenvalue weighted by molar-refractivity contribution is -0.115. The zero-order valence-corrected chi connectivity index (χ0v) is 11.9. The van der Waals surface area contributed by atoms with Crippen molar-refractivity contribution in [1.29, 1.82) is 0 Å². The second-order valence-corrected chi connectivity index (χ2v) is 5.32. The minimum atomic E-state index is -0.0669. The van der Waals surface area contributed by atoms with E-state index in [0.717, 1.165) is 5.16 Å². The molecule has 2 rings (SSSR count). The number of thioether (sulfide) groups is 1. The second kappa shape index (κ2) is 6.58. The number of anilines is 1. The first-order chi connectivity index (χ1) is 9.16. The van der Waals surface area contributed by atoms with E-state index in [1.165, 1.54) is 11.8 Å². The average molecular weight is 297 g/mol. The van der Waals surface area contributed by atoms with E-state index in [1.807, 2.05) is 23.7 Å². The van der Waals surface area contributed by atoms with Gasteiger partial charge in [-0.15, -0.1) is 10.2 Å². The Kier molecular flexibility index (Phi) is 4.81. The van der Waals surface area contributed by atoms with Crippen LogP contribution in [-0.2, 0) is 11.8 Å². The summed E-state index contributed by atoms with van der Waals surface area (Å²) in [6.45, 7) is 0. The van der Waals surface area contributed by atoms with Gasteiger partial charge in [-0.25, -0.2) is 0 Å². The van der Waals surface area contributed by atoms with Gasteiger partial charge in [0.1, 0.15) is 6.33 Å². The first kappa shape index (κ1) is 13.9. The summed E-state index contributed by atoms with van der Waals surface area (Å²) >= 11 is 7.46. The number of carbonyl (C=O) groups is 1. The standard InChI is InChI=1S/C12H13ClN4OS/c1-17-8-14-16-12(17)19-7-6-11(18)15-10-5-3-2-4-9(10)13/h2-5,8H,6-7H2,1H3,(H,15,18). The highest BCUT2D eigenvalue weighted by Crippen LogP contribution is 2.21. The average Bonchev–Trinajstić information content (AvgIpc) is 2.78. The van der Waals surface area contributed by atoms with E-state index < -0.39 is 0 Å². The third-order valence-corrected chi connectivity index (χ3v) is 3.74. The Morgan fingerprint density at radius 3 is 2.95 bits per heavy atom. The first-order valence-corrected chi connectivity index (χ1v) is 7.04. The molecule has 19 heavy (non-hydrogen) atoms. The van der Waals surface area contributed by atoms with Crippen molar-refractivity contribution in [1.82, 2.24) is 14.8 Å². The number of para-hydroxylation sites is 1. The normalized spacial score (nSPS) is 10.4. The molecule has 0 saturated heterocycles. The highest BCUT2D eigenvalue weighted by atomic mass is 35.5. The number of aromatic nitrogens is 3. The van der Waals surface area contributed by atoms with Crippen molar-refractivity contribution >= 4 is 35.0 Å². The van der Waals surface area contributed by atoms with E-state index in [0.29, 0.717) is 22.9 Å². The monoisotopic (exact) mass is 296 g/mol. The largest absolute Gasteiger partial charge is 0.325 e. The molecule has 0 spiro atoms. The molecule has 0 atom stereocenters. The minimum absolute atomic E-state index is 0.0669. The fraction of sp³-hybridized carbons (Fsp3) is 0.250. The topological polar surface area (TPSA) is 59.8 Å².